The summed E-state index contributed by atoms with van der Waals surface area (Å²) in [5.74, 6) is -0.0948. The first-order valence-electron chi connectivity index (χ1n) is 4.11. The van der Waals surface area contributed by atoms with E-state index in [0.29, 0.717) is 11.8 Å². The quantitative estimate of drug-likeness (QED) is 0.713. The minimum Gasteiger partial charge on any atom is -0.229 e. The largest absolute Gasteiger partial charge is 0.229 e. The molecule has 0 spiro atoms. The molecule has 1 atom stereocenters. The Morgan fingerprint density at radius 1 is 1.46 bits per heavy atom. The van der Waals surface area contributed by atoms with E-state index in [-0.39, 0.29) is 16.9 Å². The van der Waals surface area contributed by atoms with E-state index in [0.717, 1.165) is 0 Å². The Morgan fingerprint density at radius 3 is 2.31 bits per heavy atom. The second-order valence-electron chi connectivity index (χ2n) is 3.18. The van der Waals surface area contributed by atoms with Crippen molar-refractivity contribution < 1.29 is 8.42 Å². The third-order valence-electron chi connectivity index (χ3n) is 1.84. The molecular weight excluding hydrogens is 254 g/mol. The molecule has 0 amide bonds. The van der Waals surface area contributed by atoms with Crippen molar-refractivity contribution in [1.29, 1.82) is 5.26 Å². The summed E-state index contributed by atoms with van der Waals surface area (Å²) in [6.07, 6.45) is 0.419. The van der Waals surface area contributed by atoms with Crippen LogP contribution in [0.25, 0.3) is 0 Å². The highest BCUT2D eigenvalue weighted by Crippen LogP contribution is 2.10. The molecule has 0 saturated carbocycles. The lowest BCUT2D eigenvalue weighted by molar-refractivity contribution is 0.579. The van der Waals surface area contributed by atoms with Gasteiger partial charge in [0.05, 0.1) is 23.0 Å². The van der Waals surface area contributed by atoms with Gasteiger partial charge in [0.15, 0.2) is 9.84 Å². The molecule has 3 nitrogen and oxygen atoms in total. The number of hydrogen-bond acceptors (Lipinski definition) is 3. The van der Waals surface area contributed by atoms with Crippen molar-refractivity contribution in [2.75, 3.05) is 11.1 Å². The van der Waals surface area contributed by atoms with Gasteiger partial charge in [-0.3, -0.25) is 0 Å². The van der Waals surface area contributed by atoms with Crippen molar-refractivity contribution in [3.8, 4) is 6.07 Å². The fraction of sp³-hybridized carbons (Fsp3) is 0.875. The third-order valence-corrected chi connectivity index (χ3v) is 4.86. The van der Waals surface area contributed by atoms with Crippen LogP contribution < -0.4 is 0 Å². The van der Waals surface area contributed by atoms with Gasteiger partial charge in [0.25, 0.3) is 0 Å². The molecule has 0 aliphatic heterocycles. The van der Waals surface area contributed by atoms with Crippen LogP contribution >= 0.6 is 15.9 Å². The Hall–Kier alpha value is -0.0800. The molecule has 0 aromatic rings. The predicted molar refractivity (Wildman–Crippen MR) is 56.4 cm³/mol. The van der Waals surface area contributed by atoms with Gasteiger partial charge in [-0.05, 0) is 20.3 Å². The summed E-state index contributed by atoms with van der Waals surface area (Å²) in [5, 5.41) is 8.78. The van der Waals surface area contributed by atoms with Gasteiger partial charge < -0.3 is 0 Å². The van der Waals surface area contributed by atoms with Gasteiger partial charge in [-0.2, -0.15) is 5.26 Å². The van der Waals surface area contributed by atoms with Crippen molar-refractivity contribution >= 4 is 25.8 Å². The second-order valence-corrected chi connectivity index (χ2v) is 6.51. The zero-order valence-electron chi connectivity index (χ0n) is 7.83. The third kappa shape index (κ3) is 4.63. The van der Waals surface area contributed by atoms with Gasteiger partial charge in [-0.1, -0.05) is 15.9 Å². The molecule has 0 fully saturated rings. The highest BCUT2D eigenvalue weighted by molar-refractivity contribution is 9.09. The van der Waals surface area contributed by atoms with Crippen LogP contribution in [0.3, 0.4) is 0 Å². The number of nitriles is 1. The summed E-state index contributed by atoms with van der Waals surface area (Å²) >= 11 is 3.16. The molecule has 0 saturated heterocycles. The average Bonchev–Trinajstić information content (AvgIpc) is 2.06. The van der Waals surface area contributed by atoms with Crippen molar-refractivity contribution in [2.24, 2.45) is 5.92 Å². The standard InChI is InChI=1S/C8H14BrNO2S/c1-7(2)13(11,12)4-3-8(5-9)6-10/h7-8H,3-5H2,1-2H3. The van der Waals surface area contributed by atoms with Gasteiger partial charge in [0.2, 0.25) is 0 Å². The maximum Gasteiger partial charge on any atom is 0.152 e. The molecule has 0 bridgehead atoms. The summed E-state index contributed by atoms with van der Waals surface area (Å²) in [6, 6.07) is 2.05. The van der Waals surface area contributed by atoms with E-state index in [2.05, 4.69) is 22.0 Å². The molecular formula is C8H14BrNO2S. The summed E-state index contributed by atoms with van der Waals surface area (Å²) in [7, 11) is -2.99. The highest BCUT2D eigenvalue weighted by atomic mass is 79.9. The van der Waals surface area contributed by atoms with E-state index in [1.54, 1.807) is 13.8 Å². The molecule has 0 aliphatic rings. The first-order valence-corrected chi connectivity index (χ1v) is 6.95. The monoisotopic (exact) mass is 267 g/mol. The minimum atomic E-state index is -2.99. The van der Waals surface area contributed by atoms with Gasteiger partial charge in [0.1, 0.15) is 0 Å². The van der Waals surface area contributed by atoms with Gasteiger partial charge in [-0.15, -0.1) is 0 Å². The lowest BCUT2D eigenvalue weighted by atomic mass is 10.1. The fourth-order valence-electron chi connectivity index (χ4n) is 0.718. The van der Waals surface area contributed by atoms with Crippen molar-refractivity contribution in [2.45, 2.75) is 25.5 Å². The van der Waals surface area contributed by atoms with Crippen LogP contribution in [0, 0.1) is 17.2 Å². The topological polar surface area (TPSA) is 57.9 Å². The number of halogens is 1. The molecule has 0 aliphatic carbocycles. The van der Waals surface area contributed by atoms with E-state index in [1.807, 2.05) is 0 Å². The molecule has 0 aromatic heterocycles. The van der Waals surface area contributed by atoms with Crippen LogP contribution in [0.1, 0.15) is 20.3 Å². The Labute approximate surface area is 88.2 Å². The van der Waals surface area contributed by atoms with Crippen molar-refractivity contribution in [1.82, 2.24) is 0 Å². The summed E-state index contributed by atoms with van der Waals surface area (Å²) in [4.78, 5) is 0. The zero-order chi connectivity index (χ0) is 10.5. The molecule has 0 radical (unpaired) electrons. The molecule has 0 aromatic carbocycles. The normalized spacial score (nSPS) is 14.1. The number of hydrogen-bond donors (Lipinski definition) is 0. The molecule has 5 heteroatoms. The van der Waals surface area contributed by atoms with Crippen molar-refractivity contribution in [3.05, 3.63) is 0 Å². The lowest BCUT2D eigenvalue weighted by Crippen LogP contribution is -2.19. The lowest BCUT2D eigenvalue weighted by Gasteiger charge is -2.08. The van der Waals surface area contributed by atoms with Crippen LogP contribution in [0.4, 0.5) is 0 Å². The molecule has 13 heavy (non-hydrogen) atoms. The van der Waals surface area contributed by atoms with Crippen LogP contribution in [0.15, 0.2) is 0 Å². The molecule has 76 valence electrons. The number of alkyl halides is 1. The Bertz CT molecular complexity index is 279. The Kier molecular flexibility index (Phi) is 5.57. The molecule has 1 unspecified atom stereocenters. The fourth-order valence-corrected chi connectivity index (χ4v) is 2.27. The van der Waals surface area contributed by atoms with Gasteiger partial charge in [-0.25, -0.2) is 8.42 Å². The van der Waals surface area contributed by atoms with Crippen LogP contribution in [0.5, 0.6) is 0 Å². The summed E-state index contributed by atoms with van der Waals surface area (Å²) < 4.78 is 22.7. The van der Waals surface area contributed by atoms with Gasteiger partial charge >= 0.3 is 0 Å². The maximum absolute atomic E-state index is 11.3. The van der Waals surface area contributed by atoms with Gasteiger partial charge in [0, 0.05) is 5.33 Å². The summed E-state index contributed by atoms with van der Waals surface area (Å²) in [6.45, 7) is 3.32. The van der Waals surface area contributed by atoms with E-state index in [4.69, 9.17) is 5.26 Å². The number of nitrogens with zero attached hydrogens (tertiary/aromatic N) is 1. The van der Waals surface area contributed by atoms with Crippen LogP contribution in [0.2, 0.25) is 0 Å². The Balaban J connectivity index is 4.11. The highest BCUT2D eigenvalue weighted by Gasteiger charge is 2.18. The first-order chi connectivity index (χ1) is 5.94. The van der Waals surface area contributed by atoms with Crippen LogP contribution in [-0.2, 0) is 9.84 Å². The number of sulfone groups is 1. The van der Waals surface area contributed by atoms with E-state index in [9.17, 15) is 8.42 Å². The zero-order valence-corrected chi connectivity index (χ0v) is 10.2. The second kappa shape index (κ2) is 5.61. The van der Waals surface area contributed by atoms with E-state index >= 15 is 0 Å². The summed E-state index contributed by atoms with van der Waals surface area (Å²) in [5.41, 5.74) is 0. The smallest absolute Gasteiger partial charge is 0.152 e. The SMILES string of the molecule is CC(C)S(=O)(=O)CCC(C#N)CBr. The Morgan fingerprint density at radius 2 is 2.00 bits per heavy atom. The number of rotatable bonds is 5. The maximum atomic E-state index is 11.3. The average molecular weight is 268 g/mol. The first kappa shape index (κ1) is 12.9. The molecule has 0 heterocycles. The predicted octanol–water partition coefficient (Wildman–Crippen LogP) is 1.73. The van der Waals surface area contributed by atoms with Crippen molar-refractivity contribution in [3.63, 3.8) is 0 Å². The minimum absolute atomic E-state index is 0.106. The van der Waals surface area contributed by atoms with E-state index in [1.165, 1.54) is 0 Å². The van der Waals surface area contributed by atoms with Crippen LogP contribution in [-0.4, -0.2) is 24.8 Å². The molecule has 0 rings (SSSR count). The molecule has 0 N–H and O–H groups in total. The van der Waals surface area contributed by atoms with E-state index < -0.39 is 9.84 Å².